The molecule has 2 rings (SSSR count). The van der Waals surface area contributed by atoms with Crippen molar-refractivity contribution in [3.8, 4) is 0 Å². The number of thiophene rings is 1. The molecule has 24 heavy (non-hydrogen) atoms. The van der Waals surface area contributed by atoms with Gasteiger partial charge in [0, 0.05) is 28.2 Å². The van der Waals surface area contributed by atoms with Crippen molar-refractivity contribution >= 4 is 23.0 Å². The molecule has 1 heterocycles. The van der Waals surface area contributed by atoms with Gasteiger partial charge in [0.15, 0.2) is 5.78 Å². The van der Waals surface area contributed by atoms with Crippen LogP contribution in [0.3, 0.4) is 0 Å². The molecule has 2 N–H and O–H groups in total. The number of nitrogens with one attached hydrogen (secondary N) is 1. The number of aryl methyl sites for hydroxylation is 2. The molecule has 5 heteroatoms. The van der Waals surface area contributed by atoms with E-state index in [0.717, 1.165) is 15.3 Å². The van der Waals surface area contributed by atoms with E-state index < -0.39 is 5.60 Å². The van der Waals surface area contributed by atoms with Crippen LogP contribution in [0.1, 0.15) is 45.4 Å². The molecule has 1 aromatic carbocycles. The van der Waals surface area contributed by atoms with E-state index in [1.807, 2.05) is 50.2 Å². The molecule has 0 radical (unpaired) electrons. The Bertz CT molecular complexity index is 719. The van der Waals surface area contributed by atoms with Gasteiger partial charge in [-0.1, -0.05) is 30.3 Å². The Hall–Kier alpha value is -1.98. The molecule has 0 saturated heterocycles. The Kier molecular flexibility index (Phi) is 5.91. The van der Waals surface area contributed by atoms with Crippen LogP contribution in [0.4, 0.5) is 0 Å². The fourth-order valence-corrected chi connectivity index (χ4v) is 3.47. The first kappa shape index (κ1) is 18.4. The Balaban J connectivity index is 1.83. The molecule has 0 fully saturated rings. The standard InChI is InChI=1S/C19H23NO3S/c1-13-11-16(14(2)24-13)17(21)9-10-18(22)20-12-19(3,23)15-7-5-4-6-8-15/h4-8,11,23H,9-10,12H2,1-3H3,(H,20,22). The summed E-state index contributed by atoms with van der Waals surface area (Å²) in [6.07, 6.45) is 0.300. The third-order valence-corrected chi connectivity index (χ3v) is 4.91. The summed E-state index contributed by atoms with van der Waals surface area (Å²) in [4.78, 5) is 26.2. The maximum Gasteiger partial charge on any atom is 0.220 e. The molecule has 4 nitrogen and oxygen atoms in total. The lowest BCUT2D eigenvalue weighted by molar-refractivity contribution is -0.122. The zero-order valence-corrected chi connectivity index (χ0v) is 15.1. The smallest absolute Gasteiger partial charge is 0.220 e. The topological polar surface area (TPSA) is 66.4 Å². The fourth-order valence-electron chi connectivity index (χ4n) is 2.53. The number of hydrogen-bond donors (Lipinski definition) is 2. The van der Waals surface area contributed by atoms with Gasteiger partial charge in [-0.2, -0.15) is 0 Å². The van der Waals surface area contributed by atoms with Crippen LogP contribution in [-0.2, 0) is 10.4 Å². The minimum atomic E-state index is -1.14. The molecular formula is C19H23NO3S. The Morgan fingerprint density at radius 1 is 1.17 bits per heavy atom. The largest absolute Gasteiger partial charge is 0.384 e. The van der Waals surface area contributed by atoms with Gasteiger partial charge >= 0.3 is 0 Å². The van der Waals surface area contributed by atoms with Crippen molar-refractivity contribution in [1.82, 2.24) is 5.32 Å². The van der Waals surface area contributed by atoms with Crippen LogP contribution in [0.15, 0.2) is 36.4 Å². The average Bonchev–Trinajstić information content (AvgIpc) is 2.90. The number of benzene rings is 1. The van der Waals surface area contributed by atoms with E-state index in [2.05, 4.69) is 5.32 Å². The van der Waals surface area contributed by atoms with E-state index in [9.17, 15) is 14.7 Å². The average molecular weight is 345 g/mol. The predicted octanol–water partition coefficient (Wildman–Crippen LogP) is 3.35. The highest BCUT2D eigenvalue weighted by molar-refractivity contribution is 7.12. The van der Waals surface area contributed by atoms with E-state index in [0.29, 0.717) is 5.56 Å². The zero-order valence-electron chi connectivity index (χ0n) is 14.3. The Labute approximate surface area is 146 Å². The number of hydrogen-bond acceptors (Lipinski definition) is 4. The van der Waals surface area contributed by atoms with Crippen molar-refractivity contribution in [3.63, 3.8) is 0 Å². The second-order valence-electron chi connectivity index (χ2n) is 6.17. The monoisotopic (exact) mass is 345 g/mol. The first-order valence-corrected chi connectivity index (χ1v) is 8.76. The van der Waals surface area contributed by atoms with Crippen molar-refractivity contribution < 1.29 is 14.7 Å². The third kappa shape index (κ3) is 4.76. The molecule has 128 valence electrons. The van der Waals surface area contributed by atoms with Gasteiger partial charge in [0.25, 0.3) is 0 Å². The van der Waals surface area contributed by atoms with Gasteiger partial charge in [0.2, 0.25) is 5.91 Å². The van der Waals surface area contributed by atoms with Gasteiger partial charge in [-0.3, -0.25) is 9.59 Å². The Morgan fingerprint density at radius 2 is 1.83 bits per heavy atom. The van der Waals surface area contributed by atoms with Gasteiger partial charge < -0.3 is 10.4 Å². The van der Waals surface area contributed by atoms with Gasteiger partial charge in [0.1, 0.15) is 5.60 Å². The summed E-state index contributed by atoms with van der Waals surface area (Å²) in [7, 11) is 0. The number of carbonyl (C=O) groups excluding carboxylic acids is 2. The van der Waals surface area contributed by atoms with Crippen LogP contribution in [0.5, 0.6) is 0 Å². The second-order valence-corrected chi connectivity index (χ2v) is 7.63. The molecule has 1 unspecified atom stereocenters. The summed E-state index contributed by atoms with van der Waals surface area (Å²) in [6.45, 7) is 5.65. The number of carbonyl (C=O) groups is 2. The third-order valence-electron chi connectivity index (χ3n) is 3.95. The predicted molar refractivity (Wildman–Crippen MR) is 96.4 cm³/mol. The van der Waals surface area contributed by atoms with Crippen molar-refractivity contribution in [2.24, 2.45) is 0 Å². The Morgan fingerprint density at radius 3 is 2.42 bits per heavy atom. The van der Waals surface area contributed by atoms with Gasteiger partial charge in [-0.15, -0.1) is 11.3 Å². The van der Waals surface area contributed by atoms with Gasteiger partial charge in [-0.25, -0.2) is 0 Å². The lowest BCUT2D eigenvalue weighted by Crippen LogP contribution is -2.38. The first-order valence-electron chi connectivity index (χ1n) is 7.94. The maximum absolute atomic E-state index is 12.2. The maximum atomic E-state index is 12.2. The van der Waals surface area contributed by atoms with Crippen LogP contribution in [0, 0.1) is 13.8 Å². The first-order chi connectivity index (χ1) is 11.3. The lowest BCUT2D eigenvalue weighted by Gasteiger charge is -2.24. The molecule has 0 bridgehead atoms. The van der Waals surface area contributed by atoms with E-state index in [1.165, 1.54) is 0 Å². The zero-order chi connectivity index (χ0) is 17.7. The summed E-state index contributed by atoms with van der Waals surface area (Å²) in [6, 6.07) is 11.1. The van der Waals surface area contributed by atoms with Crippen molar-refractivity contribution in [1.29, 1.82) is 0 Å². The van der Waals surface area contributed by atoms with Crippen LogP contribution >= 0.6 is 11.3 Å². The van der Waals surface area contributed by atoms with Gasteiger partial charge in [-0.05, 0) is 32.4 Å². The van der Waals surface area contributed by atoms with Crippen molar-refractivity contribution in [2.45, 2.75) is 39.2 Å². The highest BCUT2D eigenvalue weighted by Gasteiger charge is 2.23. The van der Waals surface area contributed by atoms with E-state index in [-0.39, 0.29) is 31.1 Å². The number of aliphatic hydroxyl groups is 1. The van der Waals surface area contributed by atoms with Gasteiger partial charge in [0.05, 0.1) is 6.54 Å². The minimum Gasteiger partial charge on any atom is -0.384 e. The van der Waals surface area contributed by atoms with E-state index >= 15 is 0 Å². The van der Waals surface area contributed by atoms with Crippen LogP contribution in [0.2, 0.25) is 0 Å². The molecule has 1 amide bonds. The number of amides is 1. The molecule has 0 aliphatic carbocycles. The molecule has 0 aliphatic heterocycles. The molecule has 1 atom stereocenters. The molecule has 0 aliphatic rings. The van der Waals surface area contributed by atoms with Crippen LogP contribution in [-0.4, -0.2) is 23.3 Å². The van der Waals surface area contributed by atoms with E-state index in [1.54, 1.807) is 18.3 Å². The van der Waals surface area contributed by atoms with Crippen molar-refractivity contribution in [2.75, 3.05) is 6.54 Å². The second kappa shape index (κ2) is 7.73. The van der Waals surface area contributed by atoms with Crippen LogP contribution < -0.4 is 5.32 Å². The SMILES string of the molecule is Cc1cc(C(=O)CCC(=O)NCC(C)(O)c2ccccc2)c(C)s1. The summed E-state index contributed by atoms with van der Waals surface area (Å²) in [5.74, 6) is -0.244. The quantitative estimate of drug-likeness (QED) is 0.756. The normalized spacial score (nSPS) is 13.3. The minimum absolute atomic E-state index is 0.0122. The molecule has 0 spiro atoms. The highest BCUT2D eigenvalue weighted by Crippen LogP contribution is 2.22. The number of rotatable bonds is 7. The number of Topliss-reactive ketones (excluding diaryl/α,β-unsaturated/α-hetero) is 1. The van der Waals surface area contributed by atoms with Crippen LogP contribution in [0.25, 0.3) is 0 Å². The molecular weight excluding hydrogens is 322 g/mol. The summed E-state index contributed by atoms with van der Waals surface area (Å²) in [5, 5.41) is 13.2. The molecule has 0 saturated carbocycles. The molecule has 2 aromatic rings. The summed E-state index contributed by atoms with van der Waals surface area (Å²) < 4.78 is 0. The lowest BCUT2D eigenvalue weighted by atomic mass is 9.96. The number of ketones is 1. The fraction of sp³-hybridized carbons (Fsp3) is 0.368. The van der Waals surface area contributed by atoms with E-state index in [4.69, 9.17) is 0 Å². The summed E-state index contributed by atoms with van der Waals surface area (Å²) >= 11 is 1.59. The molecule has 1 aromatic heterocycles. The summed E-state index contributed by atoms with van der Waals surface area (Å²) in [5.41, 5.74) is 0.314. The highest BCUT2D eigenvalue weighted by atomic mass is 32.1. The van der Waals surface area contributed by atoms with Crippen molar-refractivity contribution in [3.05, 3.63) is 57.3 Å².